The number of hydrogen-bond acceptors (Lipinski definition) is 4. The zero-order chi connectivity index (χ0) is 22.1. The van der Waals surface area contributed by atoms with E-state index in [-0.39, 0.29) is 12.1 Å². The maximum Gasteiger partial charge on any atom is 0.257 e. The monoisotopic (exact) mass is 424 g/mol. The molecular weight excluding hydrogens is 388 g/mol. The Bertz CT molecular complexity index is 852. The van der Waals surface area contributed by atoms with Gasteiger partial charge < -0.3 is 19.7 Å². The van der Waals surface area contributed by atoms with E-state index in [1.54, 1.807) is 7.11 Å². The molecule has 0 fully saturated rings. The van der Waals surface area contributed by atoms with Crippen LogP contribution in [-0.2, 0) is 0 Å². The van der Waals surface area contributed by atoms with Gasteiger partial charge in [0.05, 0.1) is 19.3 Å². The third-order valence-electron chi connectivity index (χ3n) is 5.78. The van der Waals surface area contributed by atoms with Gasteiger partial charge in [0, 0.05) is 12.2 Å². The minimum atomic E-state index is -0.231. The number of nitrogens with one attached hydrogen (secondary N) is 1. The van der Waals surface area contributed by atoms with E-state index < -0.39 is 0 Å². The quantitative estimate of drug-likeness (QED) is 0.400. The van der Waals surface area contributed by atoms with Crippen LogP contribution in [0, 0.1) is 0 Å². The van der Waals surface area contributed by atoms with Gasteiger partial charge in [-0.2, -0.15) is 0 Å². The first kappa shape index (κ1) is 23.0. The SMILES string of the molecule is CCCCCCCOc1ccc(C2Nc3ccccc3C(=O)N2CCCC)cc1OC. The minimum Gasteiger partial charge on any atom is -0.493 e. The van der Waals surface area contributed by atoms with Crippen molar-refractivity contribution in [1.29, 1.82) is 0 Å². The van der Waals surface area contributed by atoms with Crippen molar-refractivity contribution in [3.8, 4) is 11.5 Å². The predicted octanol–water partition coefficient (Wildman–Crippen LogP) is 6.41. The van der Waals surface area contributed by atoms with Gasteiger partial charge in [0.25, 0.3) is 5.91 Å². The number of hydrogen-bond donors (Lipinski definition) is 1. The first-order valence-electron chi connectivity index (χ1n) is 11.7. The summed E-state index contributed by atoms with van der Waals surface area (Å²) in [4.78, 5) is 15.1. The molecule has 31 heavy (non-hydrogen) atoms. The summed E-state index contributed by atoms with van der Waals surface area (Å²) >= 11 is 0. The molecule has 3 rings (SSSR count). The van der Waals surface area contributed by atoms with Gasteiger partial charge in [0.1, 0.15) is 6.17 Å². The largest absolute Gasteiger partial charge is 0.493 e. The molecule has 0 saturated heterocycles. The first-order valence-corrected chi connectivity index (χ1v) is 11.7. The number of ether oxygens (including phenoxy) is 2. The molecule has 168 valence electrons. The van der Waals surface area contributed by atoms with Gasteiger partial charge in [-0.05, 0) is 42.7 Å². The summed E-state index contributed by atoms with van der Waals surface area (Å²) in [6, 6.07) is 13.7. The van der Waals surface area contributed by atoms with Gasteiger partial charge in [-0.25, -0.2) is 0 Å². The van der Waals surface area contributed by atoms with Gasteiger partial charge in [-0.1, -0.05) is 64.2 Å². The van der Waals surface area contributed by atoms with Crippen molar-refractivity contribution in [2.24, 2.45) is 0 Å². The van der Waals surface area contributed by atoms with E-state index in [9.17, 15) is 4.79 Å². The molecule has 1 aliphatic heterocycles. The lowest BCUT2D eigenvalue weighted by Crippen LogP contribution is -2.43. The Morgan fingerprint density at radius 1 is 0.935 bits per heavy atom. The molecule has 1 aliphatic rings. The first-order chi connectivity index (χ1) is 15.2. The van der Waals surface area contributed by atoms with Crippen LogP contribution in [0.5, 0.6) is 11.5 Å². The number of carbonyl (C=O) groups excluding carboxylic acids is 1. The second-order valence-electron chi connectivity index (χ2n) is 8.12. The molecule has 5 nitrogen and oxygen atoms in total. The summed E-state index contributed by atoms with van der Waals surface area (Å²) in [6.45, 7) is 5.76. The molecule has 5 heteroatoms. The molecule has 0 spiro atoms. The third-order valence-corrected chi connectivity index (χ3v) is 5.78. The summed E-state index contributed by atoms with van der Waals surface area (Å²) in [5.74, 6) is 1.53. The smallest absolute Gasteiger partial charge is 0.257 e. The Morgan fingerprint density at radius 3 is 2.48 bits per heavy atom. The van der Waals surface area contributed by atoms with Gasteiger partial charge in [-0.3, -0.25) is 4.79 Å². The van der Waals surface area contributed by atoms with Gasteiger partial charge in [0.2, 0.25) is 0 Å². The average Bonchev–Trinajstić information content (AvgIpc) is 2.80. The van der Waals surface area contributed by atoms with Gasteiger partial charge in [-0.15, -0.1) is 0 Å². The zero-order valence-electron chi connectivity index (χ0n) is 19.2. The summed E-state index contributed by atoms with van der Waals surface area (Å²) in [7, 11) is 1.66. The van der Waals surface area contributed by atoms with E-state index in [0.29, 0.717) is 18.9 Å². The fraction of sp³-hybridized carbons (Fsp3) is 0.500. The molecule has 0 bridgehead atoms. The lowest BCUT2D eigenvalue weighted by Gasteiger charge is -2.38. The lowest BCUT2D eigenvalue weighted by molar-refractivity contribution is 0.0680. The van der Waals surface area contributed by atoms with Gasteiger partial charge in [0.15, 0.2) is 11.5 Å². The molecule has 1 atom stereocenters. The number of fused-ring (bicyclic) bond motifs is 1. The number of benzene rings is 2. The fourth-order valence-corrected chi connectivity index (χ4v) is 3.98. The molecule has 1 unspecified atom stereocenters. The number of amides is 1. The van der Waals surface area contributed by atoms with Crippen molar-refractivity contribution in [3.63, 3.8) is 0 Å². The zero-order valence-corrected chi connectivity index (χ0v) is 19.2. The Balaban J connectivity index is 1.77. The van der Waals surface area contributed by atoms with Crippen molar-refractivity contribution in [3.05, 3.63) is 53.6 Å². The molecule has 1 N–H and O–H groups in total. The lowest BCUT2D eigenvalue weighted by atomic mass is 10.0. The summed E-state index contributed by atoms with van der Waals surface area (Å²) < 4.78 is 11.6. The Kier molecular flexibility index (Phi) is 8.63. The highest BCUT2D eigenvalue weighted by Gasteiger charge is 2.32. The maximum absolute atomic E-state index is 13.2. The minimum absolute atomic E-state index is 0.0687. The van der Waals surface area contributed by atoms with Gasteiger partial charge >= 0.3 is 0 Å². The van der Waals surface area contributed by atoms with Crippen LogP contribution in [0.2, 0.25) is 0 Å². The van der Waals surface area contributed by atoms with Crippen molar-refractivity contribution < 1.29 is 14.3 Å². The molecule has 1 heterocycles. The number of anilines is 1. The van der Waals surface area contributed by atoms with Crippen LogP contribution in [-0.4, -0.2) is 31.1 Å². The van der Waals surface area contributed by atoms with Crippen LogP contribution in [0.4, 0.5) is 5.69 Å². The number of carbonyl (C=O) groups is 1. The van der Waals surface area contributed by atoms with Crippen LogP contribution in [0.1, 0.15) is 80.9 Å². The van der Waals surface area contributed by atoms with E-state index in [1.807, 2.05) is 47.4 Å². The van der Waals surface area contributed by atoms with Crippen molar-refractivity contribution in [2.75, 3.05) is 25.6 Å². The molecule has 0 aliphatic carbocycles. The highest BCUT2D eigenvalue weighted by molar-refractivity contribution is 6.01. The molecule has 1 amide bonds. The van der Waals surface area contributed by atoms with E-state index in [0.717, 1.165) is 41.8 Å². The Hall–Kier alpha value is -2.69. The Labute approximate surface area is 186 Å². The molecule has 0 saturated carbocycles. The predicted molar refractivity (Wildman–Crippen MR) is 126 cm³/mol. The second-order valence-corrected chi connectivity index (χ2v) is 8.12. The normalized spacial score (nSPS) is 15.4. The number of methoxy groups -OCH3 is 1. The van der Waals surface area contributed by atoms with Crippen LogP contribution < -0.4 is 14.8 Å². The van der Waals surface area contributed by atoms with Crippen molar-refractivity contribution in [1.82, 2.24) is 4.90 Å². The third kappa shape index (κ3) is 5.72. The Morgan fingerprint density at radius 2 is 1.71 bits per heavy atom. The fourth-order valence-electron chi connectivity index (χ4n) is 3.98. The second kappa shape index (κ2) is 11.6. The number of unbranched alkanes of at least 4 members (excludes halogenated alkanes) is 5. The molecule has 2 aromatic carbocycles. The maximum atomic E-state index is 13.2. The number of para-hydroxylation sites is 1. The average molecular weight is 425 g/mol. The van der Waals surface area contributed by atoms with E-state index in [2.05, 4.69) is 19.2 Å². The van der Waals surface area contributed by atoms with Crippen LogP contribution in [0.25, 0.3) is 0 Å². The summed E-state index contributed by atoms with van der Waals surface area (Å²) in [6.07, 6.45) is 7.78. The van der Waals surface area contributed by atoms with Crippen LogP contribution >= 0.6 is 0 Å². The van der Waals surface area contributed by atoms with Crippen molar-refractivity contribution >= 4 is 11.6 Å². The summed E-state index contributed by atoms with van der Waals surface area (Å²) in [5.41, 5.74) is 2.59. The standard InChI is InChI=1S/C26H36N2O3/c1-4-6-8-9-12-18-31-23-16-15-20(19-24(23)30-3)25-27-22-14-11-10-13-21(22)26(29)28(25)17-7-5-2/h10-11,13-16,19,25,27H,4-9,12,17-18H2,1-3H3. The topological polar surface area (TPSA) is 50.8 Å². The molecule has 0 aromatic heterocycles. The number of nitrogens with zero attached hydrogens (tertiary/aromatic N) is 1. The highest BCUT2D eigenvalue weighted by atomic mass is 16.5. The molecule has 0 radical (unpaired) electrons. The van der Waals surface area contributed by atoms with E-state index in [1.165, 1.54) is 25.7 Å². The van der Waals surface area contributed by atoms with Crippen LogP contribution in [0.15, 0.2) is 42.5 Å². The van der Waals surface area contributed by atoms with E-state index >= 15 is 0 Å². The summed E-state index contributed by atoms with van der Waals surface area (Å²) in [5, 5.41) is 3.55. The molecular formula is C26H36N2O3. The highest BCUT2D eigenvalue weighted by Crippen LogP contribution is 2.37. The molecule has 2 aromatic rings. The number of rotatable bonds is 12. The van der Waals surface area contributed by atoms with E-state index in [4.69, 9.17) is 9.47 Å². The van der Waals surface area contributed by atoms with Crippen LogP contribution in [0.3, 0.4) is 0 Å². The van der Waals surface area contributed by atoms with Crippen molar-refractivity contribution in [2.45, 2.75) is 65.0 Å².